The fourth-order valence-corrected chi connectivity index (χ4v) is 2.94. The van der Waals surface area contributed by atoms with Gasteiger partial charge in [0.05, 0.1) is 13.1 Å². The van der Waals surface area contributed by atoms with Gasteiger partial charge in [0.15, 0.2) is 0 Å². The van der Waals surface area contributed by atoms with Gasteiger partial charge in [0.2, 0.25) is 0 Å². The van der Waals surface area contributed by atoms with E-state index in [2.05, 4.69) is 21.8 Å². The van der Waals surface area contributed by atoms with Crippen molar-refractivity contribution in [1.29, 1.82) is 0 Å². The maximum atomic E-state index is 11.9. The van der Waals surface area contributed by atoms with Crippen molar-refractivity contribution in [2.75, 3.05) is 13.2 Å². The van der Waals surface area contributed by atoms with Gasteiger partial charge in [-0.05, 0) is 54.3 Å². The fourth-order valence-electron chi connectivity index (χ4n) is 2.94. The Kier molecular flexibility index (Phi) is 6.68. The van der Waals surface area contributed by atoms with Crippen molar-refractivity contribution in [3.63, 3.8) is 0 Å². The van der Waals surface area contributed by atoms with Crippen LogP contribution in [0.3, 0.4) is 0 Å². The summed E-state index contributed by atoms with van der Waals surface area (Å²) in [5, 5.41) is 9.86. The zero-order valence-corrected chi connectivity index (χ0v) is 16.3. The number of amides is 2. The maximum Gasteiger partial charge on any atom is 0.315 e. The molecular formula is C22H26N4O2. The SMILES string of the molecule is Cc1cc(C)cc(OCCNC(=O)NCc2ccc(Cn3cccn3)cc2)c1. The van der Waals surface area contributed by atoms with Gasteiger partial charge in [-0.2, -0.15) is 5.10 Å². The molecule has 0 saturated heterocycles. The lowest BCUT2D eigenvalue weighted by molar-refractivity contribution is 0.236. The third-order valence-corrected chi connectivity index (χ3v) is 4.23. The first kappa shape index (κ1) is 19.5. The van der Waals surface area contributed by atoms with E-state index >= 15 is 0 Å². The molecule has 28 heavy (non-hydrogen) atoms. The summed E-state index contributed by atoms with van der Waals surface area (Å²) in [4.78, 5) is 11.9. The van der Waals surface area contributed by atoms with Crippen LogP contribution in [0, 0.1) is 13.8 Å². The lowest BCUT2D eigenvalue weighted by atomic mass is 10.1. The minimum Gasteiger partial charge on any atom is -0.492 e. The van der Waals surface area contributed by atoms with E-state index in [9.17, 15) is 4.79 Å². The number of carbonyl (C=O) groups is 1. The minimum atomic E-state index is -0.204. The molecule has 2 N–H and O–H groups in total. The number of nitrogens with one attached hydrogen (secondary N) is 2. The Morgan fingerprint density at radius 3 is 2.43 bits per heavy atom. The molecule has 6 heteroatoms. The van der Waals surface area contributed by atoms with Gasteiger partial charge in [-0.1, -0.05) is 30.3 Å². The zero-order valence-electron chi connectivity index (χ0n) is 16.3. The van der Waals surface area contributed by atoms with E-state index in [1.807, 2.05) is 67.2 Å². The summed E-state index contributed by atoms with van der Waals surface area (Å²) < 4.78 is 7.56. The first-order chi connectivity index (χ1) is 13.6. The Morgan fingerprint density at radius 1 is 1.04 bits per heavy atom. The number of nitrogens with zero attached hydrogens (tertiary/aromatic N) is 2. The van der Waals surface area contributed by atoms with Crippen molar-refractivity contribution < 1.29 is 9.53 Å². The van der Waals surface area contributed by atoms with Crippen LogP contribution in [0.25, 0.3) is 0 Å². The normalized spacial score (nSPS) is 10.5. The zero-order chi connectivity index (χ0) is 19.8. The van der Waals surface area contributed by atoms with E-state index in [-0.39, 0.29) is 6.03 Å². The molecule has 2 amide bonds. The van der Waals surface area contributed by atoms with Crippen LogP contribution in [0.4, 0.5) is 4.79 Å². The second-order valence-electron chi connectivity index (χ2n) is 6.80. The lowest BCUT2D eigenvalue weighted by Gasteiger charge is -2.10. The van der Waals surface area contributed by atoms with Crippen LogP contribution in [-0.4, -0.2) is 29.0 Å². The molecule has 0 bridgehead atoms. The summed E-state index contributed by atoms with van der Waals surface area (Å²) in [6, 6.07) is 15.9. The molecule has 3 rings (SSSR count). The molecule has 1 aromatic heterocycles. The Bertz CT molecular complexity index is 869. The fraction of sp³-hybridized carbons (Fsp3) is 0.273. The molecule has 0 fully saturated rings. The van der Waals surface area contributed by atoms with Crippen molar-refractivity contribution in [1.82, 2.24) is 20.4 Å². The third-order valence-electron chi connectivity index (χ3n) is 4.23. The monoisotopic (exact) mass is 378 g/mol. The van der Waals surface area contributed by atoms with Gasteiger partial charge in [-0.15, -0.1) is 0 Å². The Labute approximate surface area is 165 Å². The summed E-state index contributed by atoms with van der Waals surface area (Å²) in [7, 11) is 0. The number of hydrogen-bond acceptors (Lipinski definition) is 3. The molecule has 0 atom stereocenters. The number of aryl methyl sites for hydroxylation is 2. The van der Waals surface area contributed by atoms with E-state index in [1.54, 1.807) is 6.20 Å². The first-order valence-electron chi connectivity index (χ1n) is 9.36. The molecule has 0 aliphatic heterocycles. The molecule has 2 aromatic carbocycles. The first-order valence-corrected chi connectivity index (χ1v) is 9.36. The molecule has 0 aliphatic rings. The molecule has 6 nitrogen and oxygen atoms in total. The summed E-state index contributed by atoms with van der Waals surface area (Å²) >= 11 is 0. The number of hydrogen-bond donors (Lipinski definition) is 2. The minimum absolute atomic E-state index is 0.204. The predicted octanol–water partition coefficient (Wildman–Crippen LogP) is 3.43. The Morgan fingerprint density at radius 2 is 1.75 bits per heavy atom. The molecular weight excluding hydrogens is 352 g/mol. The highest BCUT2D eigenvalue weighted by Crippen LogP contribution is 2.15. The van der Waals surface area contributed by atoms with Crippen molar-refractivity contribution in [3.05, 3.63) is 83.2 Å². The Balaban J connectivity index is 1.34. The molecule has 146 valence electrons. The van der Waals surface area contributed by atoms with Crippen LogP contribution in [-0.2, 0) is 13.1 Å². The Hall–Kier alpha value is -3.28. The van der Waals surface area contributed by atoms with Crippen LogP contribution in [0.15, 0.2) is 60.9 Å². The summed E-state index contributed by atoms with van der Waals surface area (Å²) in [6.45, 7) is 6.17. The highest BCUT2D eigenvalue weighted by Gasteiger charge is 2.02. The predicted molar refractivity (Wildman–Crippen MR) is 109 cm³/mol. The number of rotatable bonds is 8. The highest BCUT2D eigenvalue weighted by atomic mass is 16.5. The van der Waals surface area contributed by atoms with Crippen LogP contribution in [0.2, 0.25) is 0 Å². The standard InChI is InChI=1S/C22H26N4O2/c1-17-12-18(2)14-21(13-17)28-11-9-23-22(27)24-15-19-4-6-20(7-5-19)16-26-10-3-8-25-26/h3-8,10,12-14H,9,11,15-16H2,1-2H3,(H2,23,24,27). The van der Waals surface area contributed by atoms with E-state index in [0.717, 1.165) is 29.0 Å². The van der Waals surface area contributed by atoms with E-state index in [0.29, 0.717) is 19.7 Å². The molecule has 0 radical (unpaired) electrons. The average Bonchev–Trinajstić information content (AvgIpc) is 3.17. The average molecular weight is 378 g/mol. The molecule has 3 aromatic rings. The van der Waals surface area contributed by atoms with Crippen molar-refractivity contribution in [2.24, 2.45) is 0 Å². The van der Waals surface area contributed by atoms with Gasteiger partial charge in [0.25, 0.3) is 0 Å². The van der Waals surface area contributed by atoms with Gasteiger partial charge >= 0.3 is 6.03 Å². The van der Waals surface area contributed by atoms with Crippen molar-refractivity contribution in [2.45, 2.75) is 26.9 Å². The topological polar surface area (TPSA) is 68.2 Å². The quantitative estimate of drug-likeness (QED) is 0.590. The van der Waals surface area contributed by atoms with Crippen molar-refractivity contribution in [3.8, 4) is 5.75 Å². The molecule has 0 saturated carbocycles. The van der Waals surface area contributed by atoms with Crippen LogP contribution < -0.4 is 15.4 Å². The smallest absolute Gasteiger partial charge is 0.315 e. The number of aromatic nitrogens is 2. The maximum absolute atomic E-state index is 11.9. The van der Waals surface area contributed by atoms with Gasteiger partial charge in [0.1, 0.15) is 12.4 Å². The summed E-state index contributed by atoms with van der Waals surface area (Å²) in [5.41, 5.74) is 4.54. The largest absolute Gasteiger partial charge is 0.492 e. The van der Waals surface area contributed by atoms with Gasteiger partial charge in [-0.25, -0.2) is 4.79 Å². The third kappa shape index (κ3) is 6.16. The number of benzene rings is 2. The van der Waals surface area contributed by atoms with E-state index < -0.39 is 0 Å². The van der Waals surface area contributed by atoms with Gasteiger partial charge in [-0.3, -0.25) is 4.68 Å². The second-order valence-corrected chi connectivity index (χ2v) is 6.80. The number of urea groups is 1. The van der Waals surface area contributed by atoms with Crippen molar-refractivity contribution >= 4 is 6.03 Å². The van der Waals surface area contributed by atoms with Crippen LogP contribution in [0.1, 0.15) is 22.3 Å². The summed E-state index contributed by atoms with van der Waals surface area (Å²) in [5.74, 6) is 0.829. The number of ether oxygens (including phenoxy) is 1. The molecule has 0 spiro atoms. The lowest BCUT2D eigenvalue weighted by Crippen LogP contribution is -2.37. The van der Waals surface area contributed by atoms with Crippen LogP contribution >= 0.6 is 0 Å². The molecule has 1 heterocycles. The van der Waals surface area contributed by atoms with E-state index in [4.69, 9.17) is 4.74 Å². The second kappa shape index (κ2) is 9.60. The van der Waals surface area contributed by atoms with Gasteiger partial charge < -0.3 is 15.4 Å². The molecule has 0 aliphatic carbocycles. The summed E-state index contributed by atoms with van der Waals surface area (Å²) in [6.07, 6.45) is 3.70. The number of carbonyl (C=O) groups excluding carboxylic acids is 1. The van der Waals surface area contributed by atoms with E-state index in [1.165, 1.54) is 5.56 Å². The van der Waals surface area contributed by atoms with Crippen LogP contribution in [0.5, 0.6) is 5.75 Å². The highest BCUT2D eigenvalue weighted by molar-refractivity contribution is 5.73. The molecule has 0 unspecified atom stereocenters. The van der Waals surface area contributed by atoms with Gasteiger partial charge in [0, 0.05) is 18.9 Å².